The van der Waals surface area contributed by atoms with E-state index in [1.807, 2.05) is 6.07 Å². The Bertz CT molecular complexity index is 772. The third-order valence-corrected chi connectivity index (χ3v) is 2.86. The van der Waals surface area contributed by atoms with E-state index in [0.717, 1.165) is 0 Å². The van der Waals surface area contributed by atoms with Gasteiger partial charge in [-0.05, 0) is 23.6 Å². The van der Waals surface area contributed by atoms with Crippen molar-refractivity contribution in [2.45, 2.75) is 0 Å². The number of hydrogen-bond donors (Lipinski definition) is 1. The van der Waals surface area contributed by atoms with Gasteiger partial charge < -0.3 is 9.84 Å². The molecule has 0 amide bonds. The Kier molecular flexibility index (Phi) is 3.01. The Hall–Kier alpha value is -2.95. The predicted molar refractivity (Wildman–Crippen MR) is 73.0 cm³/mol. The predicted octanol–water partition coefficient (Wildman–Crippen LogP) is 3.12. The molecule has 0 atom stereocenters. The number of nitrogens with zero attached hydrogens (tertiary/aromatic N) is 2. The van der Waals surface area contributed by atoms with Gasteiger partial charge in [0.25, 0.3) is 0 Å². The van der Waals surface area contributed by atoms with Crippen LogP contribution in [0.5, 0.6) is 11.8 Å². The van der Waals surface area contributed by atoms with Gasteiger partial charge in [-0.15, -0.1) is 0 Å². The van der Waals surface area contributed by atoms with Crippen molar-refractivity contribution in [2.24, 2.45) is 0 Å². The normalized spacial score (nSPS) is 10.4. The first-order valence-corrected chi connectivity index (χ1v) is 5.95. The molecule has 0 bridgehead atoms. The van der Waals surface area contributed by atoms with Crippen LogP contribution in [-0.2, 0) is 0 Å². The van der Waals surface area contributed by atoms with E-state index in [9.17, 15) is 9.90 Å². The molecule has 3 aromatic rings. The molecule has 0 aliphatic carbocycles. The Balaban J connectivity index is 2.13. The van der Waals surface area contributed by atoms with Gasteiger partial charge in [-0.2, -0.15) is 0 Å². The molecular weight excluding hydrogens is 256 g/mol. The summed E-state index contributed by atoms with van der Waals surface area (Å²) in [4.78, 5) is 19.2. The fourth-order valence-electron chi connectivity index (χ4n) is 1.98. The second-order valence-corrected chi connectivity index (χ2v) is 4.10. The number of carboxylic acids is 1. The quantitative estimate of drug-likeness (QED) is 0.788. The summed E-state index contributed by atoms with van der Waals surface area (Å²) in [5.74, 6) is -0.444. The van der Waals surface area contributed by atoms with Gasteiger partial charge in [0.05, 0.1) is 5.56 Å². The van der Waals surface area contributed by atoms with E-state index in [-0.39, 0.29) is 11.6 Å². The molecule has 0 unspecified atom stereocenters. The standard InChI is InChI=1S/C15H10N2O3/c18-14(19)12-6-7-13(11-5-2-1-4-10(11)12)20-15-16-8-3-9-17-15/h1-9H,(H,18,19). The minimum atomic E-state index is -0.969. The van der Waals surface area contributed by atoms with Crippen molar-refractivity contribution in [3.8, 4) is 11.8 Å². The van der Waals surface area contributed by atoms with Crippen LogP contribution in [0.2, 0.25) is 0 Å². The van der Waals surface area contributed by atoms with E-state index in [1.54, 1.807) is 42.7 Å². The molecule has 0 radical (unpaired) electrons. The average molecular weight is 266 g/mol. The van der Waals surface area contributed by atoms with Gasteiger partial charge in [0, 0.05) is 17.8 Å². The SMILES string of the molecule is O=C(O)c1ccc(Oc2ncccn2)c2ccccc12. The summed E-state index contributed by atoms with van der Waals surface area (Å²) in [6.45, 7) is 0. The second kappa shape index (κ2) is 4.97. The lowest BCUT2D eigenvalue weighted by atomic mass is 10.0. The second-order valence-electron chi connectivity index (χ2n) is 4.10. The van der Waals surface area contributed by atoms with Crippen molar-refractivity contribution in [1.29, 1.82) is 0 Å². The fraction of sp³-hybridized carbons (Fsp3) is 0. The third kappa shape index (κ3) is 2.16. The monoisotopic (exact) mass is 266 g/mol. The average Bonchev–Trinajstić information content (AvgIpc) is 2.48. The Morgan fingerprint density at radius 1 is 0.950 bits per heavy atom. The minimum absolute atomic E-state index is 0.223. The molecular formula is C15H10N2O3. The maximum Gasteiger partial charge on any atom is 0.336 e. The van der Waals surface area contributed by atoms with Crippen LogP contribution in [-0.4, -0.2) is 21.0 Å². The first-order chi connectivity index (χ1) is 9.75. The van der Waals surface area contributed by atoms with Gasteiger partial charge in [-0.1, -0.05) is 24.3 Å². The van der Waals surface area contributed by atoms with Crippen LogP contribution in [0.4, 0.5) is 0 Å². The molecule has 98 valence electrons. The summed E-state index contributed by atoms with van der Waals surface area (Å²) in [6.07, 6.45) is 3.16. The molecule has 5 heteroatoms. The number of hydrogen-bond acceptors (Lipinski definition) is 4. The van der Waals surface area contributed by atoms with Gasteiger partial charge in [-0.3, -0.25) is 0 Å². The molecule has 0 spiro atoms. The van der Waals surface area contributed by atoms with Gasteiger partial charge >= 0.3 is 12.0 Å². The molecule has 2 aromatic carbocycles. The van der Waals surface area contributed by atoms with E-state index >= 15 is 0 Å². The molecule has 1 aromatic heterocycles. The number of rotatable bonds is 3. The van der Waals surface area contributed by atoms with E-state index in [1.165, 1.54) is 6.07 Å². The van der Waals surface area contributed by atoms with E-state index in [4.69, 9.17) is 4.74 Å². The molecule has 5 nitrogen and oxygen atoms in total. The summed E-state index contributed by atoms with van der Waals surface area (Å²) in [5, 5.41) is 10.5. The molecule has 1 N–H and O–H groups in total. The van der Waals surface area contributed by atoms with Crippen molar-refractivity contribution in [3.63, 3.8) is 0 Å². The topological polar surface area (TPSA) is 72.3 Å². The van der Waals surface area contributed by atoms with Crippen molar-refractivity contribution >= 4 is 16.7 Å². The number of aromatic nitrogens is 2. The number of ether oxygens (including phenoxy) is 1. The first kappa shape index (κ1) is 12.1. The molecule has 3 rings (SSSR count). The zero-order valence-corrected chi connectivity index (χ0v) is 10.4. The van der Waals surface area contributed by atoms with Crippen LogP contribution >= 0.6 is 0 Å². The Morgan fingerprint density at radius 2 is 1.65 bits per heavy atom. The maximum absolute atomic E-state index is 11.2. The fourth-order valence-corrected chi connectivity index (χ4v) is 1.98. The largest absolute Gasteiger partial charge is 0.478 e. The van der Waals surface area contributed by atoms with Crippen LogP contribution in [0.15, 0.2) is 54.9 Å². The minimum Gasteiger partial charge on any atom is -0.478 e. The zero-order valence-electron chi connectivity index (χ0n) is 10.4. The summed E-state index contributed by atoms with van der Waals surface area (Å²) >= 11 is 0. The molecule has 1 heterocycles. The maximum atomic E-state index is 11.2. The van der Waals surface area contributed by atoms with E-state index in [2.05, 4.69) is 9.97 Å². The highest BCUT2D eigenvalue weighted by molar-refractivity contribution is 6.05. The number of carboxylic acid groups (broad SMARTS) is 1. The number of carbonyl (C=O) groups is 1. The zero-order chi connectivity index (χ0) is 13.9. The summed E-state index contributed by atoms with van der Waals surface area (Å²) in [5.41, 5.74) is 0.238. The molecule has 0 saturated carbocycles. The highest BCUT2D eigenvalue weighted by atomic mass is 16.5. The highest BCUT2D eigenvalue weighted by Crippen LogP contribution is 2.30. The third-order valence-electron chi connectivity index (χ3n) is 2.86. The summed E-state index contributed by atoms with van der Waals surface area (Å²) < 4.78 is 5.61. The van der Waals surface area contributed by atoms with Gasteiger partial charge in [0.15, 0.2) is 0 Å². The van der Waals surface area contributed by atoms with Crippen molar-refractivity contribution < 1.29 is 14.6 Å². The first-order valence-electron chi connectivity index (χ1n) is 5.95. The van der Waals surface area contributed by atoms with Crippen molar-refractivity contribution in [1.82, 2.24) is 9.97 Å². The Labute approximate surface area is 114 Å². The lowest BCUT2D eigenvalue weighted by molar-refractivity contribution is 0.0699. The van der Waals surface area contributed by atoms with Crippen LogP contribution < -0.4 is 4.74 Å². The molecule has 20 heavy (non-hydrogen) atoms. The molecule has 0 saturated heterocycles. The van der Waals surface area contributed by atoms with Gasteiger partial charge in [-0.25, -0.2) is 14.8 Å². The lowest BCUT2D eigenvalue weighted by Crippen LogP contribution is -1.99. The van der Waals surface area contributed by atoms with Gasteiger partial charge in [0.2, 0.25) is 0 Å². The van der Waals surface area contributed by atoms with Crippen molar-refractivity contribution in [2.75, 3.05) is 0 Å². The number of fused-ring (bicyclic) bond motifs is 1. The molecule has 0 aliphatic rings. The van der Waals surface area contributed by atoms with Crippen molar-refractivity contribution in [3.05, 3.63) is 60.4 Å². The van der Waals surface area contributed by atoms with Crippen LogP contribution in [0.3, 0.4) is 0 Å². The Morgan fingerprint density at radius 3 is 2.35 bits per heavy atom. The van der Waals surface area contributed by atoms with Crippen LogP contribution in [0.25, 0.3) is 10.8 Å². The summed E-state index contributed by atoms with van der Waals surface area (Å²) in [7, 11) is 0. The van der Waals surface area contributed by atoms with Crippen LogP contribution in [0.1, 0.15) is 10.4 Å². The molecule has 0 aliphatic heterocycles. The van der Waals surface area contributed by atoms with Gasteiger partial charge in [0.1, 0.15) is 5.75 Å². The van der Waals surface area contributed by atoms with Crippen LogP contribution in [0, 0.1) is 0 Å². The molecule has 0 fully saturated rings. The highest BCUT2D eigenvalue weighted by Gasteiger charge is 2.12. The lowest BCUT2D eigenvalue weighted by Gasteiger charge is -2.09. The summed E-state index contributed by atoms with van der Waals surface area (Å²) in [6, 6.07) is 12.2. The van der Waals surface area contributed by atoms with E-state index in [0.29, 0.717) is 16.5 Å². The number of aromatic carboxylic acids is 1. The number of benzene rings is 2. The van der Waals surface area contributed by atoms with E-state index < -0.39 is 5.97 Å². The smallest absolute Gasteiger partial charge is 0.336 e.